The zero-order valence-electron chi connectivity index (χ0n) is 8.67. The van der Waals surface area contributed by atoms with Crippen LogP contribution >= 0.6 is 31.9 Å². The van der Waals surface area contributed by atoms with Gasteiger partial charge in [0.1, 0.15) is 10.6 Å². The number of alkyl halides is 1. The molecule has 0 aliphatic rings. The fourth-order valence-corrected chi connectivity index (χ4v) is 2.19. The van der Waals surface area contributed by atoms with Gasteiger partial charge in [-0.1, -0.05) is 37.9 Å². The van der Waals surface area contributed by atoms with Gasteiger partial charge < -0.3 is 4.74 Å². The van der Waals surface area contributed by atoms with Gasteiger partial charge in [0, 0.05) is 4.47 Å². The first-order valence-corrected chi connectivity index (χ1v) is 6.50. The summed E-state index contributed by atoms with van der Waals surface area (Å²) in [5, 5.41) is 0. The Balaban J connectivity index is 2.69. The van der Waals surface area contributed by atoms with Gasteiger partial charge >= 0.3 is 5.97 Å². The number of rotatable bonds is 4. The van der Waals surface area contributed by atoms with Crippen LogP contribution < -0.4 is 0 Å². The topological polar surface area (TPSA) is 26.3 Å². The largest absolute Gasteiger partial charge is 0.465 e. The SMILES string of the molecule is CCOC(=O)C(Br)Cc1ccc(F)cc1Br. The van der Waals surface area contributed by atoms with Crippen LogP contribution in [0.3, 0.4) is 0 Å². The van der Waals surface area contributed by atoms with Crippen LogP contribution in [0.4, 0.5) is 4.39 Å². The van der Waals surface area contributed by atoms with Crippen LogP contribution in [0.15, 0.2) is 22.7 Å². The molecular weight excluding hydrogens is 343 g/mol. The number of hydrogen-bond donors (Lipinski definition) is 0. The standard InChI is InChI=1S/C11H11Br2FO2/c1-2-16-11(15)10(13)5-7-3-4-8(14)6-9(7)12/h3-4,6,10H,2,5H2,1H3. The van der Waals surface area contributed by atoms with Crippen LogP contribution in [0, 0.1) is 5.82 Å². The Morgan fingerprint density at radius 2 is 2.25 bits per heavy atom. The van der Waals surface area contributed by atoms with Crippen LogP contribution in [0.2, 0.25) is 0 Å². The number of halogens is 3. The molecule has 0 fully saturated rings. The molecule has 1 atom stereocenters. The van der Waals surface area contributed by atoms with Gasteiger partial charge in [-0.2, -0.15) is 0 Å². The van der Waals surface area contributed by atoms with E-state index in [4.69, 9.17) is 4.74 Å². The van der Waals surface area contributed by atoms with E-state index >= 15 is 0 Å². The predicted octanol–water partition coefficient (Wildman–Crippen LogP) is 3.46. The normalized spacial score (nSPS) is 12.2. The second-order valence-electron chi connectivity index (χ2n) is 3.16. The lowest BCUT2D eigenvalue weighted by atomic mass is 10.1. The average molecular weight is 354 g/mol. The molecule has 5 heteroatoms. The first-order chi connectivity index (χ1) is 7.54. The Bertz CT molecular complexity index is 382. The number of ether oxygens (including phenoxy) is 1. The van der Waals surface area contributed by atoms with Gasteiger partial charge in [0.2, 0.25) is 0 Å². The third-order valence-electron chi connectivity index (χ3n) is 1.96. The monoisotopic (exact) mass is 352 g/mol. The van der Waals surface area contributed by atoms with Crippen molar-refractivity contribution in [2.24, 2.45) is 0 Å². The summed E-state index contributed by atoms with van der Waals surface area (Å²) in [6, 6.07) is 4.39. The van der Waals surface area contributed by atoms with Crippen LogP contribution in [0.25, 0.3) is 0 Å². The number of hydrogen-bond acceptors (Lipinski definition) is 2. The molecule has 1 aromatic rings. The second-order valence-corrected chi connectivity index (χ2v) is 5.12. The molecular formula is C11H11Br2FO2. The summed E-state index contributed by atoms with van der Waals surface area (Å²) in [5.74, 6) is -0.614. The molecule has 0 spiro atoms. The number of esters is 1. The summed E-state index contributed by atoms with van der Waals surface area (Å²) >= 11 is 6.50. The van der Waals surface area contributed by atoms with Crippen molar-refractivity contribution in [1.29, 1.82) is 0 Å². The lowest BCUT2D eigenvalue weighted by Gasteiger charge is -2.10. The van der Waals surface area contributed by atoms with Crippen LogP contribution in [-0.2, 0) is 16.0 Å². The average Bonchev–Trinajstić information content (AvgIpc) is 2.22. The molecule has 1 rings (SSSR count). The van der Waals surface area contributed by atoms with E-state index in [0.29, 0.717) is 17.5 Å². The molecule has 0 amide bonds. The van der Waals surface area contributed by atoms with Gasteiger partial charge in [-0.05, 0) is 31.0 Å². The third-order valence-corrected chi connectivity index (χ3v) is 3.39. The summed E-state index contributed by atoms with van der Waals surface area (Å²) < 4.78 is 18.3. The van der Waals surface area contributed by atoms with Crippen molar-refractivity contribution in [2.45, 2.75) is 18.2 Å². The third kappa shape index (κ3) is 3.87. The molecule has 2 nitrogen and oxygen atoms in total. The van der Waals surface area contributed by atoms with Crippen molar-refractivity contribution >= 4 is 37.8 Å². The van der Waals surface area contributed by atoms with Gasteiger partial charge in [-0.3, -0.25) is 4.79 Å². The molecule has 0 heterocycles. The van der Waals surface area contributed by atoms with E-state index in [0.717, 1.165) is 5.56 Å². The molecule has 0 aliphatic heterocycles. The molecule has 1 unspecified atom stereocenters. The minimum absolute atomic E-state index is 0.307. The highest BCUT2D eigenvalue weighted by Crippen LogP contribution is 2.21. The Labute approximate surface area is 110 Å². The number of carbonyl (C=O) groups is 1. The smallest absolute Gasteiger partial charge is 0.320 e. The lowest BCUT2D eigenvalue weighted by molar-refractivity contribution is -0.142. The number of carbonyl (C=O) groups excluding carboxylic acids is 1. The Morgan fingerprint density at radius 3 is 2.81 bits per heavy atom. The summed E-state index contributed by atoms with van der Waals surface area (Å²) in [6.45, 7) is 2.11. The summed E-state index contributed by atoms with van der Waals surface area (Å²) in [7, 11) is 0. The summed E-state index contributed by atoms with van der Waals surface area (Å²) in [6.07, 6.45) is 0.458. The Kier molecular flexibility index (Phi) is 5.41. The molecule has 0 aromatic heterocycles. The van der Waals surface area contributed by atoms with Crippen LogP contribution in [0.1, 0.15) is 12.5 Å². The molecule has 0 saturated carbocycles. The molecule has 0 radical (unpaired) electrons. The maximum Gasteiger partial charge on any atom is 0.320 e. The lowest BCUT2D eigenvalue weighted by Crippen LogP contribution is -2.19. The van der Waals surface area contributed by atoms with Crippen molar-refractivity contribution in [3.8, 4) is 0 Å². The highest BCUT2D eigenvalue weighted by atomic mass is 79.9. The first-order valence-electron chi connectivity index (χ1n) is 4.79. The Hall–Kier alpha value is -0.420. The van der Waals surface area contributed by atoms with Crippen molar-refractivity contribution in [3.05, 3.63) is 34.1 Å². The van der Waals surface area contributed by atoms with E-state index in [1.54, 1.807) is 13.0 Å². The zero-order valence-corrected chi connectivity index (χ0v) is 11.8. The molecule has 0 aliphatic carbocycles. The molecule has 88 valence electrons. The van der Waals surface area contributed by atoms with E-state index in [2.05, 4.69) is 31.9 Å². The maximum atomic E-state index is 12.8. The van der Waals surface area contributed by atoms with Gasteiger partial charge in [-0.25, -0.2) is 4.39 Å². The van der Waals surface area contributed by atoms with Crippen LogP contribution in [0.5, 0.6) is 0 Å². The summed E-state index contributed by atoms with van der Waals surface area (Å²) in [4.78, 5) is 11.0. The van der Waals surface area contributed by atoms with E-state index in [9.17, 15) is 9.18 Å². The minimum Gasteiger partial charge on any atom is -0.465 e. The van der Waals surface area contributed by atoms with E-state index in [-0.39, 0.29) is 11.8 Å². The first kappa shape index (κ1) is 13.6. The van der Waals surface area contributed by atoms with Gasteiger partial charge in [0.05, 0.1) is 6.61 Å². The fraction of sp³-hybridized carbons (Fsp3) is 0.364. The second kappa shape index (κ2) is 6.35. The van der Waals surface area contributed by atoms with Crippen molar-refractivity contribution in [1.82, 2.24) is 0 Å². The fourth-order valence-electron chi connectivity index (χ4n) is 1.20. The quantitative estimate of drug-likeness (QED) is 0.612. The molecule has 1 aromatic carbocycles. The minimum atomic E-state index is -0.408. The van der Waals surface area contributed by atoms with Crippen LogP contribution in [-0.4, -0.2) is 17.4 Å². The highest BCUT2D eigenvalue weighted by molar-refractivity contribution is 9.10. The number of benzene rings is 1. The van der Waals surface area contributed by atoms with Crippen molar-refractivity contribution in [3.63, 3.8) is 0 Å². The molecule has 16 heavy (non-hydrogen) atoms. The maximum absolute atomic E-state index is 12.8. The molecule has 0 saturated heterocycles. The van der Waals surface area contributed by atoms with E-state index in [1.165, 1.54) is 12.1 Å². The van der Waals surface area contributed by atoms with Gasteiger partial charge in [0.25, 0.3) is 0 Å². The van der Waals surface area contributed by atoms with Crippen molar-refractivity contribution < 1.29 is 13.9 Å². The van der Waals surface area contributed by atoms with E-state index in [1.807, 2.05) is 0 Å². The van der Waals surface area contributed by atoms with E-state index < -0.39 is 4.83 Å². The molecule has 0 N–H and O–H groups in total. The molecule has 0 bridgehead atoms. The Morgan fingerprint density at radius 1 is 1.56 bits per heavy atom. The van der Waals surface area contributed by atoms with Gasteiger partial charge in [-0.15, -0.1) is 0 Å². The predicted molar refractivity (Wildman–Crippen MR) is 67.2 cm³/mol. The highest BCUT2D eigenvalue weighted by Gasteiger charge is 2.17. The van der Waals surface area contributed by atoms with Crippen molar-refractivity contribution in [2.75, 3.05) is 6.61 Å². The van der Waals surface area contributed by atoms with Gasteiger partial charge in [0.15, 0.2) is 0 Å². The summed E-state index contributed by atoms with van der Waals surface area (Å²) in [5.41, 5.74) is 0.858. The zero-order chi connectivity index (χ0) is 12.1.